The van der Waals surface area contributed by atoms with E-state index in [-0.39, 0.29) is 18.9 Å². The first-order valence-corrected chi connectivity index (χ1v) is 10.4. The molecule has 2 aliphatic heterocycles. The summed E-state index contributed by atoms with van der Waals surface area (Å²) < 4.78 is 31.5. The van der Waals surface area contributed by atoms with E-state index in [1.807, 2.05) is 35.2 Å². The number of hydrogen-bond donors (Lipinski definition) is 1. The molecule has 1 saturated heterocycles. The number of para-hydroxylation sites is 1. The van der Waals surface area contributed by atoms with E-state index in [9.17, 15) is 9.18 Å². The van der Waals surface area contributed by atoms with Crippen LogP contribution in [-0.2, 0) is 9.53 Å². The molecule has 0 bridgehead atoms. The van der Waals surface area contributed by atoms with Gasteiger partial charge in [0.2, 0.25) is 0 Å². The molecule has 2 heterocycles. The molecule has 1 N–H and O–H groups in total. The Morgan fingerprint density at radius 1 is 1.19 bits per heavy atom. The van der Waals surface area contributed by atoms with Gasteiger partial charge in [-0.05, 0) is 35.4 Å². The van der Waals surface area contributed by atoms with E-state index in [0.717, 1.165) is 22.4 Å². The number of carboxylic acid groups (broad SMARTS) is 1. The van der Waals surface area contributed by atoms with Gasteiger partial charge in [0.1, 0.15) is 18.0 Å². The maximum atomic E-state index is 14.7. The van der Waals surface area contributed by atoms with Crippen molar-refractivity contribution in [2.45, 2.75) is 18.4 Å². The predicted octanol–water partition coefficient (Wildman–Crippen LogP) is 3.59. The minimum Gasteiger partial charge on any atom is -0.488 e. The van der Waals surface area contributed by atoms with Crippen molar-refractivity contribution in [1.82, 2.24) is 4.90 Å². The van der Waals surface area contributed by atoms with Crippen molar-refractivity contribution >= 4 is 11.5 Å². The van der Waals surface area contributed by atoms with Gasteiger partial charge in [-0.3, -0.25) is 9.69 Å². The number of fused-ring (bicyclic) bond motifs is 1. The maximum absolute atomic E-state index is 14.7. The number of likely N-dealkylation sites (tertiary alicyclic amines) is 1. The molecular weight excluding hydrogens is 401 g/mol. The molecule has 6 nitrogen and oxygen atoms in total. The third-order valence-electron chi connectivity index (χ3n) is 5.75. The molecule has 2 aliphatic rings. The van der Waals surface area contributed by atoms with Crippen molar-refractivity contribution in [3.05, 3.63) is 65.5 Å². The van der Waals surface area contributed by atoms with Crippen LogP contribution in [0.4, 0.5) is 4.39 Å². The predicted molar refractivity (Wildman–Crippen MR) is 114 cm³/mol. The summed E-state index contributed by atoms with van der Waals surface area (Å²) in [6.07, 6.45) is 3.41. The van der Waals surface area contributed by atoms with Gasteiger partial charge < -0.3 is 19.3 Å². The van der Waals surface area contributed by atoms with Crippen molar-refractivity contribution in [1.29, 1.82) is 0 Å². The van der Waals surface area contributed by atoms with Gasteiger partial charge in [-0.1, -0.05) is 24.3 Å². The highest BCUT2D eigenvalue weighted by molar-refractivity contribution is 5.85. The van der Waals surface area contributed by atoms with E-state index in [1.165, 1.54) is 6.07 Å². The number of piperidine rings is 1. The number of hydrogen-bond acceptors (Lipinski definition) is 5. The van der Waals surface area contributed by atoms with E-state index in [4.69, 9.17) is 19.3 Å². The fourth-order valence-corrected chi connectivity index (χ4v) is 4.15. The molecule has 0 saturated carbocycles. The molecule has 7 heteroatoms. The molecule has 0 atom stereocenters. The van der Waals surface area contributed by atoms with Crippen molar-refractivity contribution in [2.75, 3.05) is 40.0 Å². The summed E-state index contributed by atoms with van der Waals surface area (Å²) in [6, 6.07) is 12.7. The number of carboxylic acids is 1. The number of carbonyl (C=O) groups is 1. The van der Waals surface area contributed by atoms with Crippen molar-refractivity contribution in [3.8, 4) is 11.5 Å². The molecule has 31 heavy (non-hydrogen) atoms. The Labute approximate surface area is 180 Å². The Morgan fingerprint density at radius 2 is 1.97 bits per heavy atom. The molecule has 2 aromatic rings. The summed E-state index contributed by atoms with van der Waals surface area (Å²) in [5, 5.41) is 9.07. The quantitative estimate of drug-likeness (QED) is 0.681. The Hall–Kier alpha value is -2.90. The van der Waals surface area contributed by atoms with E-state index in [0.29, 0.717) is 32.5 Å². The van der Waals surface area contributed by atoms with Gasteiger partial charge in [-0.25, -0.2) is 4.39 Å². The zero-order valence-electron chi connectivity index (χ0n) is 17.5. The molecule has 1 spiro atoms. The van der Waals surface area contributed by atoms with Crippen LogP contribution in [0.1, 0.15) is 24.0 Å². The van der Waals surface area contributed by atoms with Crippen LogP contribution in [0.3, 0.4) is 0 Å². The molecule has 4 rings (SSSR count). The smallest absolute Gasteiger partial charge is 0.317 e. The Morgan fingerprint density at radius 3 is 2.68 bits per heavy atom. The molecular formula is C24H26FNO5. The highest BCUT2D eigenvalue weighted by atomic mass is 19.1. The van der Waals surface area contributed by atoms with Crippen LogP contribution in [0.2, 0.25) is 0 Å². The molecule has 0 amide bonds. The van der Waals surface area contributed by atoms with E-state index >= 15 is 0 Å². The zero-order valence-corrected chi connectivity index (χ0v) is 17.5. The second-order valence-corrected chi connectivity index (χ2v) is 7.88. The molecule has 0 unspecified atom stereocenters. The first kappa shape index (κ1) is 21.3. The monoisotopic (exact) mass is 427 g/mol. The lowest BCUT2D eigenvalue weighted by atomic mass is 9.83. The number of nitrogens with zero attached hydrogens (tertiary/aromatic N) is 1. The van der Waals surface area contributed by atoms with Crippen LogP contribution < -0.4 is 9.47 Å². The number of halogens is 1. The summed E-state index contributed by atoms with van der Waals surface area (Å²) in [5.74, 6) is -0.305. The number of ether oxygens (including phenoxy) is 3. The topological polar surface area (TPSA) is 68.2 Å². The molecule has 0 aromatic heterocycles. The molecule has 1 fully saturated rings. The summed E-state index contributed by atoms with van der Waals surface area (Å²) in [4.78, 5) is 13.0. The standard InChI is InChI=1S/C24H26FNO5/c1-29-12-13-30-22-7-6-17(14-20(22)25)19-15-24(31-21-5-3-2-4-18(19)21)8-10-26(11-9-24)16-23(27)28/h2-7,14-15H,8-13,16H2,1H3,(H,27,28). The van der Waals surface area contributed by atoms with Crippen LogP contribution in [0.5, 0.6) is 11.5 Å². The Bertz CT molecular complexity index is 982. The van der Waals surface area contributed by atoms with Gasteiger partial charge in [-0.15, -0.1) is 0 Å². The number of rotatable bonds is 7. The van der Waals surface area contributed by atoms with Gasteiger partial charge in [0, 0.05) is 38.6 Å². The lowest BCUT2D eigenvalue weighted by Gasteiger charge is -2.42. The minimum atomic E-state index is -0.828. The second kappa shape index (κ2) is 9.08. The van der Waals surface area contributed by atoms with E-state index in [1.54, 1.807) is 13.2 Å². The fraction of sp³-hybridized carbons (Fsp3) is 0.375. The normalized spacial score (nSPS) is 17.5. The van der Waals surface area contributed by atoms with E-state index in [2.05, 4.69) is 6.08 Å². The lowest BCUT2D eigenvalue weighted by Crippen LogP contribution is -2.49. The van der Waals surface area contributed by atoms with Gasteiger partial charge in [0.25, 0.3) is 0 Å². The maximum Gasteiger partial charge on any atom is 0.317 e. The van der Waals surface area contributed by atoms with Crippen LogP contribution in [-0.4, -0.2) is 61.5 Å². The summed E-state index contributed by atoms with van der Waals surface area (Å²) in [5.41, 5.74) is 2.03. The summed E-state index contributed by atoms with van der Waals surface area (Å²) in [6.45, 7) is 1.94. The molecule has 0 aliphatic carbocycles. The fourth-order valence-electron chi connectivity index (χ4n) is 4.15. The van der Waals surface area contributed by atoms with Crippen LogP contribution in [0.25, 0.3) is 5.57 Å². The van der Waals surface area contributed by atoms with Crippen molar-refractivity contribution < 1.29 is 28.5 Å². The first-order valence-electron chi connectivity index (χ1n) is 10.4. The first-order chi connectivity index (χ1) is 15.0. The number of benzene rings is 2. The lowest BCUT2D eigenvalue weighted by molar-refractivity contribution is -0.139. The van der Waals surface area contributed by atoms with Crippen LogP contribution in [0.15, 0.2) is 48.5 Å². The van der Waals surface area contributed by atoms with Gasteiger partial charge >= 0.3 is 5.97 Å². The third kappa shape index (κ3) is 4.73. The van der Waals surface area contributed by atoms with Gasteiger partial charge in [0.15, 0.2) is 11.6 Å². The molecule has 2 aromatic carbocycles. The minimum absolute atomic E-state index is 0.0268. The summed E-state index contributed by atoms with van der Waals surface area (Å²) in [7, 11) is 1.57. The molecule has 0 radical (unpaired) electrons. The van der Waals surface area contributed by atoms with Crippen LogP contribution in [0, 0.1) is 5.82 Å². The highest BCUT2D eigenvalue weighted by Crippen LogP contribution is 2.43. The van der Waals surface area contributed by atoms with Crippen molar-refractivity contribution in [3.63, 3.8) is 0 Å². The SMILES string of the molecule is COCCOc1ccc(C2=CC3(CCN(CC(=O)O)CC3)Oc3ccccc32)cc1F. The average molecular weight is 427 g/mol. The van der Waals surface area contributed by atoms with Gasteiger partial charge in [0.05, 0.1) is 13.2 Å². The Kier molecular flexibility index (Phi) is 6.25. The number of methoxy groups -OCH3 is 1. The molecule has 164 valence electrons. The van der Waals surface area contributed by atoms with Crippen molar-refractivity contribution in [2.24, 2.45) is 0 Å². The Balaban J connectivity index is 1.63. The largest absolute Gasteiger partial charge is 0.488 e. The average Bonchev–Trinajstić information content (AvgIpc) is 2.76. The van der Waals surface area contributed by atoms with E-state index < -0.39 is 17.4 Å². The van der Waals surface area contributed by atoms with Gasteiger partial charge in [-0.2, -0.15) is 0 Å². The highest BCUT2D eigenvalue weighted by Gasteiger charge is 2.39. The number of aliphatic carboxylic acids is 1. The summed E-state index contributed by atoms with van der Waals surface area (Å²) >= 11 is 0. The van der Waals surface area contributed by atoms with Crippen LogP contribution >= 0.6 is 0 Å². The second-order valence-electron chi connectivity index (χ2n) is 7.88. The zero-order chi connectivity index (χ0) is 21.8. The third-order valence-corrected chi connectivity index (χ3v) is 5.75.